The van der Waals surface area contributed by atoms with E-state index in [0.717, 1.165) is 17.5 Å². The zero-order valence-corrected chi connectivity index (χ0v) is 11.3. The van der Waals surface area contributed by atoms with Crippen molar-refractivity contribution >= 4 is 12.1 Å². The van der Waals surface area contributed by atoms with Crippen LogP contribution in [0.2, 0.25) is 0 Å². The molecule has 0 fully saturated rings. The van der Waals surface area contributed by atoms with Gasteiger partial charge in [0.05, 0.1) is 12.7 Å². The fraction of sp³-hybridized carbons (Fsp3) is 0.333. The van der Waals surface area contributed by atoms with Crippen LogP contribution in [-0.2, 0) is 4.74 Å². The number of fused-ring (bicyclic) bond motifs is 5. The molecule has 0 radical (unpaired) electrons. The molecular weight excluding hydrogens is 258 g/mol. The second-order valence-corrected chi connectivity index (χ2v) is 4.90. The van der Waals surface area contributed by atoms with Crippen LogP contribution >= 0.6 is 0 Å². The second kappa shape index (κ2) is 4.67. The van der Waals surface area contributed by atoms with Crippen LogP contribution in [0.15, 0.2) is 24.3 Å². The van der Waals surface area contributed by atoms with E-state index in [-0.39, 0.29) is 17.8 Å². The van der Waals surface area contributed by atoms with Gasteiger partial charge in [0.1, 0.15) is 5.75 Å². The van der Waals surface area contributed by atoms with Crippen LogP contribution in [0.1, 0.15) is 39.7 Å². The van der Waals surface area contributed by atoms with Gasteiger partial charge in [-0.05, 0) is 24.1 Å². The average molecular weight is 273 g/mol. The SMILES string of the molecule is CNC(=O)Oc1ccc(C(=O)OC)c2c1C1C=CC2C1. The maximum Gasteiger partial charge on any atom is 0.412 e. The highest BCUT2D eigenvalue weighted by atomic mass is 16.6. The Morgan fingerprint density at radius 1 is 1.20 bits per heavy atom. The number of hydrogen-bond acceptors (Lipinski definition) is 4. The molecule has 1 N–H and O–H groups in total. The number of ether oxygens (including phenoxy) is 2. The van der Waals surface area contributed by atoms with Gasteiger partial charge < -0.3 is 14.8 Å². The summed E-state index contributed by atoms with van der Waals surface area (Å²) in [5.74, 6) is 0.578. The Morgan fingerprint density at radius 2 is 1.90 bits per heavy atom. The van der Waals surface area contributed by atoms with Crippen molar-refractivity contribution in [2.75, 3.05) is 14.2 Å². The molecule has 0 heterocycles. The van der Waals surface area contributed by atoms with Gasteiger partial charge in [0.25, 0.3) is 0 Å². The summed E-state index contributed by atoms with van der Waals surface area (Å²) in [6.07, 6.45) is 4.62. The van der Waals surface area contributed by atoms with Crippen molar-refractivity contribution in [1.29, 1.82) is 0 Å². The number of hydrogen-bond donors (Lipinski definition) is 1. The highest BCUT2D eigenvalue weighted by Gasteiger charge is 2.38. The minimum atomic E-state index is -0.509. The number of methoxy groups -OCH3 is 1. The molecule has 1 aromatic carbocycles. The van der Waals surface area contributed by atoms with Crippen molar-refractivity contribution in [2.45, 2.75) is 18.3 Å². The standard InChI is InChI=1S/C15H15NO4/c1-16-15(18)20-11-6-5-10(14(17)19-2)12-8-3-4-9(7-8)13(11)12/h3-6,8-9H,7H2,1-2H3,(H,16,18). The Bertz CT molecular complexity index is 621. The first-order valence-electron chi connectivity index (χ1n) is 6.48. The summed E-state index contributed by atoms with van der Waals surface area (Å²) in [7, 11) is 2.88. The van der Waals surface area contributed by atoms with Gasteiger partial charge in [-0.25, -0.2) is 9.59 Å². The lowest BCUT2D eigenvalue weighted by molar-refractivity contribution is 0.0599. The largest absolute Gasteiger partial charge is 0.465 e. The van der Waals surface area contributed by atoms with E-state index in [1.165, 1.54) is 14.2 Å². The van der Waals surface area contributed by atoms with Crippen molar-refractivity contribution in [3.63, 3.8) is 0 Å². The third-order valence-corrected chi connectivity index (χ3v) is 3.88. The molecule has 2 atom stereocenters. The summed E-state index contributed by atoms with van der Waals surface area (Å²) in [5, 5.41) is 2.43. The first-order chi connectivity index (χ1) is 9.65. The van der Waals surface area contributed by atoms with Crippen LogP contribution in [0, 0.1) is 0 Å². The Labute approximate surface area is 116 Å². The molecule has 1 amide bonds. The second-order valence-electron chi connectivity index (χ2n) is 4.90. The van der Waals surface area contributed by atoms with Crippen molar-refractivity contribution in [3.8, 4) is 5.75 Å². The zero-order valence-electron chi connectivity index (χ0n) is 11.3. The number of carbonyl (C=O) groups excluding carboxylic acids is 2. The minimum absolute atomic E-state index is 0.206. The molecule has 5 heteroatoms. The molecule has 0 aliphatic heterocycles. The van der Waals surface area contributed by atoms with Gasteiger partial charge in [0.2, 0.25) is 0 Å². The Morgan fingerprint density at radius 3 is 2.55 bits per heavy atom. The van der Waals surface area contributed by atoms with E-state index >= 15 is 0 Å². The molecule has 0 aromatic heterocycles. The third-order valence-electron chi connectivity index (χ3n) is 3.88. The number of amides is 1. The quantitative estimate of drug-likeness (QED) is 0.663. The predicted octanol–water partition coefficient (Wildman–Crippen LogP) is 2.33. The lowest BCUT2D eigenvalue weighted by Crippen LogP contribution is -2.23. The molecule has 104 valence electrons. The van der Waals surface area contributed by atoms with Gasteiger partial charge >= 0.3 is 12.1 Å². The number of nitrogens with one attached hydrogen (secondary N) is 1. The fourth-order valence-corrected chi connectivity index (χ4v) is 3.05. The molecule has 1 aromatic rings. The Balaban J connectivity index is 2.09. The lowest BCUT2D eigenvalue weighted by atomic mass is 9.91. The Hall–Kier alpha value is -2.30. The van der Waals surface area contributed by atoms with Gasteiger partial charge in [-0.3, -0.25) is 0 Å². The normalized spacial score (nSPS) is 21.5. The van der Waals surface area contributed by atoms with Crippen molar-refractivity contribution in [1.82, 2.24) is 5.32 Å². The van der Waals surface area contributed by atoms with Crippen LogP contribution in [-0.4, -0.2) is 26.2 Å². The summed E-state index contributed by atoms with van der Waals surface area (Å²) in [5.41, 5.74) is 2.43. The summed E-state index contributed by atoms with van der Waals surface area (Å²) >= 11 is 0. The monoisotopic (exact) mass is 273 g/mol. The molecule has 0 saturated carbocycles. The average Bonchev–Trinajstić information content (AvgIpc) is 3.08. The summed E-state index contributed by atoms with van der Waals surface area (Å²) in [6, 6.07) is 3.33. The fourth-order valence-electron chi connectivity index (χ4n) is 3.05. The minimum Gasteiger partial charge on any atom is -0.465 e. The number of benzene rings is 1. The molecule has 0 spiro atoms. The van der Waals surface area contributed by atoms with E-state index in [1.54, 1.807) is 12.1 Å². The van der Waals surface area contributed by atoms with Crippen molar-refractivity contribution in [2.24, 2.45) is 0 Å². The third kappa shape index (κ3) is 1.78. The first kappa shape index (κ1) is 12.7. The number of carbonyl (C=O) groups is 2. The molecule has 0 saturated heterocycles. The zero-order chi connectivity index (χ0) is 14.3. The van der Waals surface area contributed by atoms with Gasteiger partial charge in [-0.1, -0.05) is 12.2 Å². The molecule has 5 nitrogen and oxygen atoms in total. The highest BCUT2D eigenvalue weighted by Crippen LogP contribution is 2.53. The maximum absolute atomic E-state index is 11.9. The molecule has 2 aliphatic carbocycles. The van der Waals surface area contributed by atoms with E-state index in [9.17, 15) is 9.59 Å². The number of allylic oxidation sites excluding steroid dienone is 2. The molecule has 2 unspecified atom stereocenters. The van der Waals surface area contributed by atoms with Gasteiger partial charge in [0, 0.05) is 24.4 Å². The summed E-state index contributed by atoms with van der Waals surface area (Å²) in [6.45, 7) is 0. The van der Waals surface area contributed by atoms with Gasteiger partial charge in [-0.15, -0.1) is 0 Å². The molecular formula is C15H15NO4. The number of esters is 1. The van der Waals surface area contributed by atoms with E-state index < -0.39 is 6.09 Å². The van der Waals surface area contributed by atoms with Crippen LogP contribution < -0.4 is 10.1 Å². The molecule has 3 rings (SSSR count). The number of rotatable bonds is 2. The van der Waals surface area contributed by atoms with Gasteiger partial charge in [-0.2, -0.15) is 0 Å². The maximum atomic E-state index is 11.9. The predicted molar refractivity (Wildman–Crippen MR) is 72.1 cm³/mol. The summed E-state index contributed by atoms with van der Waals surface area (Å²) in [4.78, 5) is 23.3. The molecule has 2 bridgehead atoms. The van der Waals surface area contributed by atoms with Crippen molar-refractivity contribution < 1.29 is 19.1 Å². The van der Waals surface area contributed by atoms with E-state index in [4.69, 9.17) is 9.47 Å². The smallest absolute Gasteiger partial charge is 0.412 e. The van der Waals surface area contributed by atoms with Crippen LogP contribution in [0.3, 0.4) is 0 Å². The molecule has 2 aliphatic rings. The summed E-state index contributed by atoms with van der Waals surface area (Å²) < 4.78 is 10.1. The van der Waals surface area contributed by atoms with E-state index in [2.05, 4.69) is 17.5 Å². The lowest BCUT2D eigenvalue weighted by Gasteiger charge is -2.18. The van der Waals surface area contributed by atoms with Crippen LogP contribution in [0.25, 0.3) is 0 Å². The topological polar surface area (TPSA) is 64.6 Å². The van der Waals surface area contributed by atoms with Crippen molar-refractivity contribution in [3.05, 3.63) is 41.0 Å². The molecule has 20 heavy (non-hydrogen) atoms. The van der Waals surface area contributed by atoms with E-state index in [0.29, 0.717) is 11.3 Å². The van der Waals surface area contributed by atoms with Gasteiger partial charge in [0.15, 0.2) is 0 Å². The Kier molecular flexibility index (Phi) is 2.97. The highest BCUT2D eigenvalue weighted by molar-refractivity contribution is 5.93. The van der Waals surface area contributed by atoms with Crippen LogP contribution in [0.5, 0.6) is 5.75 Å². The van der Waals surface area contributed by atoms with E-state index in [1.807, 2.05) is 0 Å². The van der Waals surface area contributed by atoms with Crippen LogP contribution in [0.4, 0.5) is 4.79 Å². The first-order valence-corrected chi connectivity index (χ1v) is 6.48.